The van der Waals surface area contributed by atoms with Crippen LogP contribution in [0.1, 0.15) is 70.6 Å². The van der Waals surface area contributed by atoms with Crippen molar-refractivity contribution in [1.29, 1.82) is 5.26 Å². The minimum Gasteiger partial charge on any atom is -0.364 e. The highest BCUT2D eigenvalue weighted by Gasteiger charge is 2.37. The molecule has 2 aromatic rings. The molecule has 0 aliphatic carbocycles. The van der Waals surface area contributed by atoms with Crippen molar-refractivity contribution in [3.63, 3.8) is 0 Å². The van der Waals surface area contributed by atoms with Crippen LogP contribution in [0.15, 0.2) is 48.0 Å². The van der Waals surface area contributed by atoms with Crippen molar-refractivity contribution in [2.24, 2.45) is 0 Å². The fourth-order valence-electron chi connectivity index (χ4n) is 4.99. The van der Waals surface area contributed by atoms with E-state index in [9.17, 15) is 10.1 Å². The van der Waals surface area contributed by atoms with E-state index in [4.69, 9.17) is 0 Å². The van der Waals surface area contributed by atoms with E-state index < -0.39 is 0 Å². The molecule has 0 saturated carbocycles. The molecule has 0 aromatic heterocycles. The summed E-state index contributed by atoms with van der Waals surface area (Å²) in [6.45, 7) is 13.3. The maximum Gasteiger partial charge on any atom is 0.266 e. The molecule has 0 spiro atoms. The highest BCUT2D eigenvalue weighted by atomic mass is 16.1. The van der Waals surface area contributed by atoms with Crippen molar-refractivity contribution in [2.75, 3.05) is 10.2 Å². The van der Waals surface area contributed by atoms with Crippen LogP contribution in [-0.4, -0.2) is 17.5 Å². The van der Waals surface area contributed by atoms with E-state index >= 15 is 0 Å². The minimum atomic E-state index is -0.376. The lowest BCUT2D eigenvalue weighted by molar-refractivity contribution is -0.112. The van der Waals surface area contributed by atoms with E-state index in [1.165, 1.54) is 11.3 Å². The zero-order chi connectivity index (χ0) is 22.8. The topological polar surface area (TPSA) is 56.1 Å². The van der Waals surface area contributed by atoms with Gasteiger partial charge in [-0.25, -0.2) is 0 Å². The van der Waals surface area contributed by atoms with E-state index in [1.54, 1.807) is 6.08 Å². The zero-order valence-corrected chi connectivity index (χ0v) is 19.5. The van der Waals surface area contributed by atoms with Crippen LogP contribution in [0.25, 0.3) is 6.08 Å². The van der Waals surface area contributed by atoms with Crippen LogP contribution < -0.4 is 10.2 Å². The summed E-state index contributed by atoms with van der Waals surface area (Å²) in [5, 5.41) is 12.5. The number of nitrogens with one attached hydrogen (secondary N) is 1. The number of rotatable bonds is 5. The minimum absolute atomic E-state index is 0.0856. The molecule has 1 atom stereocenters. The second kappa shape index (κ2) is 8.98. The number of nitriles is 1. The Morgan fingerprint density at radius 2 is 2.00 bits per heavy atom. The van der Waals surface area contributed by atoms with Crippen LogP contribution in [0.3, 0.4) is 0 Å². The van der Waals surface area contributed by atoms with Gasteiger partial charge in [0.1, 0.15) is 11.6 Å². The van der Waals surface area contributed by atoms with Crippen molar-refractivity contribution in [2.45, 2.75) is 71.9 Å². The number of para-hydroxylation sites is 1. The molecule has 1 amide bonds. The summed E-state index contributed by atoms with van der Waals surface area (Å²) >= 11 is 0. The summed E-state index contributed by atoms with van der Waals surface area (Å²) < 4.78 is 0. The monoisotopic (exact) mass is 415 g/mol. The van der Waals surface area contributed by atoms with Crippen LogP contribution >= 0.6 is 0 Å². The average Bonchev–Trinajstić information content (AvgIpc) is 2.71. The van der Waals surface area contributed by atoms with Crippen LogP contribution in [0, 0.1) is 11.3 Å². The van der Waals surface area contributed by atoms with E-state index in [0.717, 1.165) is 29.7 Å². The molecule has 1 aliphatic heterocycles. The number of carbonyl (C=O) groups is 1. The Balaban J connectivity index is 1.93. The molecule has 0 fully saturated rings. The lowest BCUT2D eigenvalue weighted by atomic mass is 9.79. The van der Waals surface area contributed by atoms with Gasteiger partial charge in [0.2, 0.25) is 0 Å². The van der Waals surface area contributed by atoms with Crippen molar-refractivity contribution in [3.8, 4) is 6.07 Å². The Morgan fingerprint density at radius 3 is 2.65 bits per heavy atom. The normalized spacial score (nSPS) is 17.8. The first kappa shape index (κ1) is 22.6. The quantitative estimate of drug-likeness (QED) is 0.461. The van der Waals surface area contributed by atoms with Crippen molar-refractivity contribution >= 4 is 23.4 Å². The van der Waals surface area contributed by atoms with Crippen LogP contribution in [0.4, 0.5) is 11.4 Å². The Kier molecular flexibility index (Phi) is 6.55. The summed E-state index contributed by atoms with van der Waals surface area (Å²) in [5.74, 6) is 0.0308. The highest BCUT2D eigenvalue weighted by Crippen LogP contribution is 2.44. The van der Waals surface area contributed by atoms with Crippen LogP contribution in [0.2, 0.25) is 0 Å². The molecule has 0 bridgehead atoms. The maximum absolute atomic E-state index is 12.8. The smallest absolute Gasteiger partial charge is 0.266 e. The Morgan fingerprint density at radius 1 is 1.29 bits per heavy atom. The van der Waals surface area contributed by atoms with Crippen LogP contribution in [-0.2, 0) is 11.2 Å². The first-order chi connectivity index (χ1) is 14.7. The molecule has 1 aliphatic rings. The summed E-state index contributed by atoms with van der Waals surface area (Å²) in [6.07, 6.45) is 3.56. The van der Waals surface area contributed by atoms with Gasteiger partial charge < -0.3 is 10.2 Å². The molecule has 0 saturated heterocycles. The predicted molar refractivity (Wildman–Crippen MR) is 129 cm³/mol. The number of fused-ring (bicyclic) bond motifs is 1. The SMILES string of the molecule is CCc1ccccc1NC(=O)/C(C#N)=C\c1ccc2c(c1)[C@H](C)CC(C)(C)N2C(C)C. The molecule has 4 heteroatoms. The molecule has 0 unspecified atom stereocenters. The van der Waals surface area contributed by atoms with Gasteiger partial charge in [-0.2, -0.15) is 5.26 Å². The zero-order valence-electron chi connectivity index (χ0n) is 19.5. The molecule has 1 heterocycles. The third-order valence-corrected chi connectivity index (χ3v) is 6.14. The third kappa shape index (κ3) is 4.66. The highest BCUT2D eigenvalue weighted by molar-refractivity contribution is 6.10. The van der Waals surface area contributed by atoms with E-state index in [1.807, 2.05) is 37.3 Å². The number of hydrogen-bond acceptors (Lipinski definition) is 3. The second-order valence-corrected chi connectivity index (χ2v) is 9.33. The summed E-state index contributed by atoms with van der Waals surface area (Å²) in [6, 6.07) is 16.4. The van der Waals surface area contributed by atoms with Gasteiger partial charge >= 0.3 is 0 Å². The number of carbonyl (C=O) groups excluding carboxylic acids is 1. The number of hydrogen-bond donors (Lipinski definition) is 1. The van der Waals surface area contributed by atoms with Gasteiger partial charge in [-0.05, 0) is 87.4 Å². The summed E-state index contributed by atoms with van der Waals surface area (Å²) in [7, 11) is 0. The second-order valence-electron chi connectivity index (χ2n) is 9.33. The van der Waals surface area contributed by atoms with Crippen molar-refractivity contribution < 1.29 is 4.79 Å². The van der Waals surface area contributed by atoms with Crippen molar-refractivity contribution in [3.05, 3.63) is 64.7 Å². The van der Waals surface area contributed by atoms with Gasteiger partial charge in [0, 0.05) is 23.0 Å². The molecule has 2 aromatic carbocycles. The lowest BCUT2D eigenvalue weighted by Crippen LogP contribution is -2.51. The Bertz CT molecular complexity index is 1040. The van der Waals surface area contributed by atoms with E-state index in [-0.39, 0.29) is 17.0 Å². The first-order valence-corrected chi connectivity index (χ1v) is 11.1. The molecule has 0 radical (unpaired) electrons. The van der Waals surface area contributed by atoms with Gasteiger partial charge in [-0.1, -0.05) is 38.1 Å². The van der Waals surface area contributed by atoms with Gasteiger partial charge in [-0.3, -0.25) is 4.79 Å². The number of benzene rings is 2. The molecular weight excluding hydrogens is 382 g/mol. The summed E-state index contributed by atoms with van der Waals surface area (Å²) in [4.78, 5) is 15.3. The third-order valence-electron chi connectivity index (χ3n) is 6.14. The molecule has 31 heavy (non-hydrogen) atoms. The van der Waals surface area contributed by atoms with Crippen molar-refractivity contribution in [1.82, 2.24) is 0 Å². The number of aryl methyl sites for hydroxylation is 1. The average molecular weight is 416 g/mol. The Hall–Kier alpha value is -3.06. The molecule has 1 N–H and O–H groups in total. The van der Waals surface area contributed by atoms with Gasteiger partial charge in [0.05, 0.1) is 0 Å². The number of anilines is 2. The van der Waals surface area contributed by atoms with Gasteiger partial charge in [0.25, 0.3) is 5.91 Å². The Labute approximate surface area is 186 Å². The maximum atomic E-state index is 12.8. The largest absolute Gasteiger partial charge is 0.364 e. The lowest BCUT2D eigenvalue weighted by Gasteiger charge is -2.50. The van der Waals surface area contributed by atoms with E-state index in [2.05, 4.69) is 63.0 Å². The summed E-state index contributed by atoms with van der Waals surface area (Å²) in [5.41, 5.74) is 5.39. The molecule has 162 valence electrons. The van der Waals surface area contributed by atoms with E-state index in [0.29, 0.717) is 12.0 Å². The van der Waals surface area contributed by atoms with Gasteiger partial charge in [0.15, 0.2) is 0 Å². The first-order valence-electron chi connectivity index (χ1n) is 11.1. The molecule has 3 rings (SSSR count). The number of amides is 1. The van der Waals surface area contributed by atoms with Crippen LogP contribution in [0.5, 0.6) is 0 Å². The number of nitrogens with zero attached hydrogens (tertiary/aromatic N) is 2. The standard InChI is InChI=1S/C27H33N3O/c1-7-21-10-8-9-11-24(21)29-26(31)22(17-28)14-20-12-13-25-23(15-20)19(4)16-27(5,6)30(25)18(2)3/h8-15,18-19H,7,16H2,1-6H3,(H,29,31)/b22-14-/t19-/m1/s1. The fourth-order valence-corrected chi connectivity index (χ4v) is 4.99. The molecular formula is C27H33N3O. The predicted octanol–water partition coefficient (Wildman–Crippen LogP) is 6.30. The fraction of sp³-hybridized carbons (Fsp3) is 0.407. The van der Waals surface area contributed by atoms with Gasteiger partial charge in [-0.15, -0.1) is 0 Å². The molecule has 4 nitrogen and oxygen atoms in total.